The van der Waals surface area contributed by atoms with Crippen molar-refractivity contribution in [3.63, 3.8) is 0 Å². The number of hydrogen-bond donors (Lipinski definition) is 0. The van der Waals surface area contributed by atoms with Crippen LogP contribution in [0.3, 0.4) is 0 Å². The first-order valence-electron chi connectivity index (χ1n) is 6.30. The molecule has 88 valence electrons. The van der Waals surface area contributed by atoms with Gasteiger partial charge in [0.25, 0.3) is 0 Å². The Balaban J connectivity index is 2.28. The number of aryl methyl sites for hydroxylation is 1. The van der Waals surface area contributed by atoms with Gasteiger partial charge in [0.2, 0.25) is 0 Å². The predicted molar refractivity (Wildman–Crippen MR) is 69.1 cm³/mol. The minimum Gasteiger partial charge on any atom is -0.356 e. The van der Waals surface area contributed by atoms with Gasteiger partial charge in [-0.25, -0.2) is 4.98 Å². The summed E-state index contributed by atoms with van der Waals surface area (Å²) < 4.78 is 0. The van der Waals surface area contributed by atoms with Crippen molar-refractivity contribution in [2.45, 2.75) is 40.0 Å². The zero-order chi connectivity index (χ0) is 11.7. The summed E-state index contributed by atoms with van der Waals surface area (Å²) in [5.41, 5.74) is 2.51. The predicted octanol–water partition coefficient (Wildman–Crippen LogP) is 3.36. The second-order valence-corrected chi connectivity index (χ2v) is 5.37. The fourth-order valence-electron chi connectivity index (χ4n) is 2.30. The quantitative estimate of drug-likeness (QED) is 0.756. The van der Waals surface area contributed by atoms with Gasteiger partial charge in [-0.3, -0.25) is 0 Å². The van der Waals surface area contributed by atoms with Crippen molar-refractivity contribution in [2.75, 3.05) is 18.0 Å². The number of rotatable bonds is 2. The highest BCUT2D eigenvalue weighted by Gasteiger charge is 2.21. The van der Waals surface area contributed by atoms with E-state index in [1.165, 1.54) is 23.5 Å². The molecule has 2 nitrogen and oxygen atoms in total. The Morgan fingerprint density at radius 1 is 1.38 bits per heavy atom. The lowest BCUT2D eigenvalue weighted by atomic mass is 10.1. The fourth-order valence-corrected chi connectivity index (χ4v) is 2.30. The minimum atomic E-state index is 0.513. The van der Waals surface area contributed by atoms with Crippen molar-refractivity contribution in [1.82, 2.24) is 4.98 Å². The van der Waals surface area contributed by atoms with Gasteiger partial charge in [-0.05, 0) is 36.8 Å². The Morgan fingerprint density at radius 3 is 2.69 bits per heavy atom. The van der Waals surface area contributed by atoms with E-state index in [9.17, 15) is 0 Å². The highest BCUT2D eigenvalue weighted by atomic mass is 15.2. The van der Waals surface area contributed by atoms with Crippen molar-refractivity contribution in [3.05, 3.63) is 23.4 Å². The van der Waals surface area contributed by atoms with Gasteiger partial charge in [-0.15, -0.1) is 0 Å². The molecular weight excluding hydrogens is 196 g/mol. The molecule has 1 fully saturated rings. The monoisotopic (exact) mass is 218 g/mol. The van der Waals surface area contributed by atoms with E-state index < -0.39 is 0 Å². The van der Waals surface area contributed by atoms with Gasteiger partial charge in [0.05, 0.1) is 0 Å². The maximum Gasteiger partial charge on any atom is 0.131 e. The summed E-state index contributed by atoms with van der Waals surface area (Å²) in [6.45, 7) is 11.2. The third-order valence-electron chi connectivity index (χ3n) is 3.41. The smallest absolute Gasteiger partial charge is 0.131 e. The lowest BCUT2D eigenvalue weighted by Gasteiger charge is -2.20. The van der Waals surface area contributed by atoms with E-state index in [0.29, 0.717) is 5.92 Å². The molecule has 2 heterocycles. The maximum atomic E-state index is 4.81. The number of aromatic nitrogens is 1. The fraction of sp³-hybridized carbons (Fsp3) is 0.643. The molecule has 0 aliphatic carbocycles. The Kier molecular flexibility index (Phi) is 3.17. The van der Waals surface area contributed by atoms with Crippen LogP contribution in [0.1, 0.15) is 44.4 Å². The molecule has 16 heavy (non-hydrogen) atoms. The molecule has 2 heteroatoms. The average Bonchev–Trinajstić information content (AvgIpc) is 2.65. The summed E-state index contributed by atoms with van der Waals surface area (Å²) in [5.74, 6) is 2.53. The summed E-state index contributed by atoms with van der Waals surface area (Å²) >= 11 is 0. The first-order chi connectivity index (χ1) is 7.58. The van der Waals surface area contributed by atoms with Gasteiger partial charge in [0, 0.05) is 18.8 Å². The number of pyridine rings is 1. The number of hydrogen-bond acceptors (Lipinski definition) is 2. The lowest BCUT2D eigenvalue weighted by molar-refractivity contribution is 0.658. The first-order valence-corrected chi connectivity index (χ1v) is 6.30. The zero-order valence-corrected chi connectivity index (χ0v) is 10.8. The molecule has 0 aromatic carbocycles. The van der Waals surface area contributed by atoms with Crippen LogP contribution >= 0.6 is 0 Å². The summed E-state index contributed by atoms with van der Waals surface area (Å²) in [7, 11) is 0. The molecule has 0 saturated carbocycles. The molecule has 0 amide bonds. The molecule has 2 rings (SSSR count). The molecule has 1 saturated heterocycles. The molecule has 0 spiro atoms. The Hall–Kier alpha value is -1.05. The summed E-state index contributed by atoms with van der Waals surface area (Å²) in [6.07, 6.45) is 1.30. The van der Waals surface area contributed by atoms with Crippen LogP contribution in [0, 0.1) is 12.8 Å². The lowest BCUT2D eigenvalue weighted by Crippen LogP contribution is -2.21. The second kappa shape index (κ2) is 4.44. The number of anilines is 1. The molecular formula is C14H22N2. The molecule has 0 bridgehead atoms. The van der Waals surface area contributed by atoms with E-state index in [2.05, 4.69) is 44.7 Å². The standard InChI is InChI=1S/C14H22N2/c1-10(2)13-6-5-12(4)14(15-13)16-8-7-11(3)9-16/h5-6,10-11H,7-9H2,1-4H3. The first kappa shape index (κ1) is 11.4. The molecule has 1 atom stereocenters. The molecule has 0 N–H and O–H groups in total. The van der Waals surface area contributed by atoms with Crippen molar-refractivity contribution in [1.29, 1.82) is 0 Å². The molecule has 1 aliphatic rings. The van der Waals surface area contributed by atoms with Gasteiger partial charge < -0.3 is 4.90 Å². The van der Waals surface area contributed by atoms with E-state index in [1.807, 2.05) is 0 Å². The zero-order valence-electron chi connectivity index (χ0n) is 10.8. The maximum absolute atomic E-state index is 4.81. The van der Waals surface area contributed by atoms with Crippen molar-refractivity contribution < 1.29 is 0 Å². The second-order valence-electron chi connectivity index (χ2n) is 5.37. The Labute approximate surface area is 98.7 Å². The van der Waals surface area contributed by atoms with Gasteiger partial charge in [-0.2, -0.15) is 0 Å². The van der Waals surface area contributed by atoms with Crippen LogP contribution in [-0.2, 0) is 0 Å². The van der Waals surface area contributed by atoms with E-state index in [4.69, 9.17) is 4.98 Å². The summed E-state index contributed by atoms with van der Waals surface area (Å²) in [4.78, 5) is 7.25. The normalized spacial score (nSPS) is 20.8. The molecule has 1 aromatic heterocycles. The van der Waals surface area contributed by atoms with Crippen molar-refractivity contribution in [2.24, 2.45) is 5.92 Å². The molecule has 1 unspecified atom stereocenters. The van der Waals surface area contributed by atoms with E-state index in [-0.39, 0.29) is 0 Å². The minimum absolute atomic E-state index is 0.513. The van der Waals surface area contributed by atoms with Crippen LogP contribution in [0.15, 0.2) is 12.1 Å². The van der Waals surface area contributed by atoms with Gasteiger partial charge in [-0.1, -0.05) is 26.8 Å². The number of nitrogens with zero attached hydrogens (tertiary/aromatic N) is 2. The molecule has 1 aromatic rings. The topological polar surface area (TPSA) is 16.1 Å². The highest BCUT2D eigenvalue weighted by Crippen LogP contribution is 2.26. The van der Waals surface area contributed by atoms with Crippen LogP contribution in [0.25, 0.3) is 0 Å². The van der Waals surface area contributed by atoms with Crippen LogP contribution in [0.4, 0.5) is 5.82 Å². The Morgan fingerprint density at radius 2 is 2.12 bits per heavy atom. The Bertz CT molecular complexity index is 371. The van der Waals surface area contributed by atoms with Crippen LogP contribution in [-0.4, -0.2) is 18.1 Å². The van der Waals surface area contributed by atoms with Crippen LogP contribution < -0.4 is 4.90 Å². The van der Waals surface area contributed by atoms with Gasteiger partial charge in [0.15, 0.2) is 0 Å². The average molecular weight is 218 g/mol. The summed E-state index contributed by atoms with van der Waals surface area (Å²) in [6, 6.07) is 4.36. The largest absolute Gasteiger partial charge is 0.356 e. The van der Waals surface area contributed by atoms with Crippen LogP contribution in [0.2, 0.25) is 0 Å². The van der Waals surface area contributed by atoms with Gasteiger partial charge in [0.1, 0.15) is 5.82 Å². The molecule has 0 radical (unpaired) electrons. The third kappa shape index (κ3) is 2.21. The van der Waals surface area contributed by atoms with Gasteiger partial charge >= 0.3 is 0 Å². The highest BCUT2D eigenvalue weighted by molar-refractivity contribution is 5.48. The van der Waals surface area contributed by atoms with Crippen molar-refractivity contribution in [3.8, 4) is 0 Å². The molecule has 1 aliphatic heterocycles. The summed E-state index contributed by atoms with van der Waals surface area (Å²) in [5, 5.41) is 0. The van der Waals surface area contributed by atoms with E-state index in [1.54, 1.807) is 0 Å². The van der Waals surface area contributed by atoms with Crippen molar-refractivity contribution >= 4 is 5.82 Å². The SMILES string of the molecule is Cc1ccc(C(C)C)nc1N1CCC(C)C1. The van der Waals surface area contributed by atoms with E-state index >= 15 is 0 Å². The van der Waals surface area contributed by atoms with E-state index in [0.717, 1.165) is 19.0 Å². The van der Waals surface area contributed by atoms with Crippen LogP contribution in [0.5, 0.6) is 0 Å². The third-order valence-corrected chi connectivity index (χ3v) is 3.41.